The van der Waals surface area contributed by atoms with Crippen molar-refractivity contribution in [3.05, 3.63) is 134 Å². The first kappa shape index (κ1) is 48.4. The van der Waals surface area contributed by atoms with Crippen molar-refractivity contribution in [1.29, 1.82) is 0 Å². The number of anilines is 1. The molecule has 0 fully saturated rings. The molecule has 3 aliphatic rings. The van der Waals surface area contributed by atoms with Gasteiger partial charge in [-0.1, -0.05) is 24.3 Å². The number of amides is 1. The average Bonchev–Trinajstić information content (AvgIpc) is 3.25. The van der Waals surface area contributed by atoms with Crippen LogP contribution in [0.25, 0.3) is 5.57 Å². The van der Waals surface area contributed by atoms with Crippen LogP contribution in [-0.2, 0) is 71.2 Å². The maximum absolute atomic E-state index is 14.3. The molecule has 23 heteroatoms. The minimum absolute atomic E-state index is 0.0420. The number of carboxylic acids is 1. The fraction of sp³-hybridized carbons (Fsp3) is 0.267. The van der Waals surface area contributed by atoms with Crippen molar-refractivity contribution in [3.8, 4) is 11.5 Å². The van der Waals surface area contributed by atoms with Crippen LogP contribution in [0.1, 0.15) is 69.4 Å². The van der Waals surface area contributed by atoms with Crippen molar-refractivity contribution in [2.24, 2.45) is 0 Å². The van der Waals surface area contributed by atoms with Crippen molar-refractivity contribution in [2.75, 3.05) is 31.6 Å². The number of aliphatic carboxylic acids is 1. The molecule has 68 heavy (non-hydrogen) atoms. The van der Waals surface area contributed by atoms with Gasteiger partial charge in [-0.2, -0.15) is 33.7 Å². The summed E-state index contributed by atoms with van der Waals surface area (Å²) < 4.78 is 146. The van der Waals surface area contributed by atoms with Crippen LogP contribution >= 0.6 is 0 Å². The number of nitrogens with zero attached hydrogens (tertiary/aromatic N) is 3. The van der Waals surface area contributed by atoms with Gasteiger partial charge in [0.1, 0.15) is 27.8 Å². The molecule has 0 aromatic heterocycles. The molecule has 19 nitrogen and oxygen atoms in total. The average molecular weight is 1010 g/mol. The zero-order valence-electron chi connectivity index (χ0n) is 36.1. The van der Waals surface area contributed by atoms with E-state index in [0.29, 0.717) is 101 Å². The van der Waals surface area contributed by atoms with Gasteiger partial charge in [0.25, 0.3) is 46.4 Å². The van der Waals surface area contributed by atoms with Gasteiger partial charge in [-0.3, -0.25) is 27.8 Å². The SMILES string of the molecule is CN(CCCC(=O)O)C(=O)c1ccccc1C1=c2cc3c(cc2Oc2cc4c(cc21)CCCN4Cc1ccc(S(=O)(=O)O)cc1S(=O)(=O)O)=[N+](Cc1ccc(S(=O)(=O)O)cc1S(=O)(=O)O)CCC3. The maximum Gasteiger partial charge on any atom is 0.303 e. The van der Waals surface area contributed by atoms with Crippen LogP contribution < -0.4 is 24.8 Å². The second-order valence-electron chi connectivity index (χ2n) is 16.7. The first-order valence-electron chi connectivity index (χ1n) is 21.0. The maximum atomic E-state index is 14.3. The molecule has 1 amide bonds. The third-order valence-corrected chi connectivity index (χ3v) is 15.7. The Morgan fingerprint density at radius 2 is 1.34 bits per heavy atom. The molecule has 0 unspecified atom stereocenters. The minimum Gasteiger partial charge on any atom is -0.481 e. The number of hydrogen-bond acceptors (Lipinski definition) is 12. The number of hydrogen-bond donors (Lipinski definition) is 5. The summed E-state index contributed by atoms with van der Waals surface area (Å²) in [6.07, 6.45) is 2.40. The van der Waals surface area contributed by atoms with E-state index in [1.54, 1.807) is 43.4 Å². The van der Waals surface area contributed by atoms with E-state index >= 15 is 0 Å². The van der Waals surface area contributed by atoms with Crippen molar-refractivity contribution in [3.63, 3.8) is 0 Å². The molecule has 5 aromatic rings. The normalized spacial score (nSPS) is 14.9. The highest BCUT2D eigenvalue weighted by atomic mass is 32.2. The Hall–Kier alpha value is -6.05. The standard InChI is InChI=1S/C45H43N3O16S4/c1-46(16-6-11-43(49)50)45(51)34-10-3-2-9-33(34)44-35-19-27-7-4-17-47(25-29-12-14-31(65(52,53)54)21-41(29)67(58,59)60)37(27)23-39(35)64-40-24-38-28(20-36(40)44)8-5-18-48(38)26-30-13-15-32(66(55,56)57)22-42(30)68(61,62)63/h2-3,9-10,12-15,19-24H,4-8,11,16-18,25-26H2,1H3,(H4-,49,50,52,53,54,55,56,57,58,59,60,61,62,63)/p+1. The predicted octanol–water partition coefficient (Wildman–Crippen LogP) is 3.55. The van der Waals surface area contributed by atoms with Crippen LogP contribution in [0.5, 0.6) is 11.5 Å². The smallest absolute Gasteiger partial charge is 0.303 e. The van der Waals surface area contributed by atoms with E-state index in [0.717, 1.165) is 23.3 Å². The molecule has 5 N–H and O–H groups in total. The predicted molar refractivity (Wildman–Crippen MR) is 244 cm³/mol. The summed E-state index contributed by atoms with van der Waals surface area (Å²) in [6.45, 7) is 0.714. The largest absolute Gasteiger partial charge is 0.481 e. The van der Waals surface area contributed by atoms with Gasteiger partial charge in [0.05, 0.1) is 15.9 Å². The van der Waals surface area contributed by atoms with Crippen molar-refractivity contribution in [1.82, 2.24) is 9.48 Å². The number of aryl methyl sites for hydroxylation is 2. The monoisotopic (exact) mass is 1010 g/mol. The van der Waals surface area contributed by atoms with Crippen LogP contribution in [0.2, 0.25) is 0 Å². The number of rotatable bonds is 14. The number of benzene rings is 5. The number of carbonyl (C=O) groups excluding carboxylic acids is 1. The lowest BCUT2D eigenvalue weighted by molar-refractivity contribution is -0.137. The summed E-state index contributed by atoms with van der Waals surface area (Å²) in [6, 6.07) is 20.2. The second-order valence-corrected chi connectivity index (χ2v) is 22.3. The Labute approximate surface area is 391 Å². The second kappa shape index (κ2) is 18.1. The van der Waals surface area contributed by atoms with Crippen LogP contribution in [0, 0.1) is 0 Å². The molecule has 0 saturated carbocycles. The van der Waals surface area contributed by atoms with E-state index in [9.17, 15) is 66.6 Å². The lowest BCUT2D eigenvalue weighted by atomic mass is 9.86. The first-order chi connectivity index (χ1) is 31.9. The molecule has 0 radical (unpaired) electrons. The van der Waals surface area contributed by atoms with Crippen LogP contribution in [-0.4, -0.2) is 100 Å². The third kappa shape index (κ3) is 9.92. The van der Waals surface area contributed by atoms with E-state index < -0.39 is 66.0 Å². The first-order valence-corrected chi connectivity index (χ1v) is 26.8. The molecule has 0 saturated heterocycles. The summed E-state index contributed by atoms with van der Waals surface area (Å²) in [5, 5.41) is 10.5. The summed E-state index contributed by atoms with van der Waals surface area (Å²) >= 11 is 0. The molecule has 3 aliphatic heterocycles. The van der Waals surface area contributed by atoms with E-state index in [4.69, 9.17) is 4.74 Å². The zero-order valence-corrected chi connectivity index (χ0v) is 39.3. The summed E-state index contributed by atoms with van der Waals surface area (Å²) in [7, 11) is -18.0. The molecule has 358 valence electrons. The Kier molecular flexibility index (Phi) is 12.9. The van der Waals surface area contributed by atoms with Gasteiger partial charge in [-0.15, -0.1) is 0 Å². The van der Waals surface area contributed by atoms with Gasteiger partial charge in [-0.05, 0) is 90.9 Å². The highest BCUT2D eigenvalue weighted by Crippen LogP contribution is 2.43. The van der Waals surface area contributed by atoms with Gasteiger partial charge < -0.3 is 19.6 Å². The number of carboxylic acid groups (broad SMARTS) is 1. The summed E-state index contributed by atoms with van der Waals surface area (Å²) in [4.78, 5) is 26.0. The lowest BCUT2D eigenvalue weighted by Crippen LogP contribution is -2.39. The quantitative estimate of drug-likeness (QED) is 0.0770. The van der Waals surface area contributed by atoms with Gasteiger partial charge in [0.2, 0.25) is 5.36 Å². The molecule has 0 aliphatic carbocycles. The summed E-state index contributed by atoms with van der Waals surface area (Å²) in [5.74, 6) is -0.720. The fourth-order valence-electron chi connectivity index (χ4n) is 9.03. The van der Waals surface area contributed by atoms with E-state index in [-0.39, 0.29) is 49.5 Å². The molecule has 3 heterocycles. The fourth-order valence-corrected chi connectivity index (χ4v) is 11.7. The highest BCUT2D eigenvalue weighted by molar-refractivity contribution is 7.87. The topological polar surface area (TPSA) is 291 Å². The molecular formula is C45H44N3O16S4+. The highest BCUT2D eigenvalue weighted by Gasteiger charge is 2.32. The molecule has 0 bridgehead atoms. The Balaban J connectivity index is 1.32. The number of carbonyl (C=O) groups is 2. The molecule has 5 aromatic carbocycles. The molecule has 0 atom stereocenters. The zero-order chi connectivity index (χ0) is 49.1. The molecule has 0 spiro atoms. The van der Waals surface area contributed by atoms with E-state index in [1.807, 2.05) is 21.6 Å². The third-order valence-electron chi connectivity index (χ3n) is 12.2. The van der Waals surface area contributed by atoms with Gasteiger partial charge in [-0.25, -0.2) is 4.58 Å². The minimum atomic E-state index is -4.97. The van der Waals surface area contributed by atoms with Crippen LogP contribution in [0.15, 0.2) is 105 Å². The molecule has 8 rings (SSSR count). The van der Waals surface area contributed by atoms with Crippen molar-refractivity contribution >= 4 is 63.6 Å². The number of fused-ring (bicyclic) bond motifs is 4. The van der Waals surface area contributed by atoms with E-state index in [1.165, 1.54) is 17.0 Å². The van der Waals surface area contributed by atoms with Gasteiger partial charge in [0.15, 0.2) is 6.54 Å². The lowest BCUT2D eigenvalue weighted by Gasteiger charge is -2.34. The Morgan fingerprint density at radius 1 is 0.706 bits per heavy atom. The Bertz CT molecular complexity index is 3560. The number of ether oxygens (including phenoxy) is 1. The molecular weight excluding hydrogens is 967 g/mol. The van der Waals surface area contributed by atoms with Crippen molar-refractivity contribution in [2.45, 2.75) is 71.2 Å². The van der Waals surface area contributed by atoms with Crippen LogP contribution in [0.4, 0.5) is 5.69 Å². The summed E-state index contributed by atoms with van der Waals surface area (Å²) in [5.41, 5.74) is 4.40. The Morgan fingerprint density at radius 3 is 1.99 bits per heavy atom. The van der Waals surface area contributed by atoms with Crippen molar-refractivity contribution < 1.29 is 71.3 Å². The van der Waals surface area contributed by atoms with Crippen LogP contribution in [0.3, 0.4) is 0 Å². The van der Waals surface area contributed by atoms with Gasteiger partial charge in [0, 0.05) is 84.3 Å². The van der Waals surface area contributed by atoms with Gasteiger partial charge >= 0.3 is 5.97 Å². The van der Waals surface area contributed by atoms with E-state index in [2.05, 4.69) is 0 Å².